The van der Waals surface area contributed by atoms with Crippen molar-refractivity contribution >= 4 is 5.97 Å². The molecule has 3 nitrogen and oxygen atoms in total. The lowest BCUT2D eigenvalue weighted by atomic mass is 10.3. The molecule has 0 aliphatic rings. The van der Waals surface area contributed by atoms with Gasteiger partial charge in [-0.3, -0.25) is 4.79 Å². The predicted molar refractivity (Wildman–Crippen MR) is 57.7 cm³/mol. The van der Waals surface area contributed by atoms with Crippen molar-refractivity contribution in [2.45, 2.75) is 13.0 Å². The molecule has 1 rings (SSSR count). The minimum atomic E-state index is -0.400. The van der Waals surface area contributed by atoms with Crippen molar-refractivity contribution in [3.05, 3.63) is 43.0 Å². The minimum absolute atomic E-state index is 0.285. The summed E-state index contributed by atoms with van der Waals surface area (Å²) in [5, 5.41) is 0. The Labute approximate surface area is 89.3 Å². The van der Waals surface area contributed by atoms with Crippen molar-refractivity contribution in [2.75, 3.05) is 6.61 Å². The average molecular weight is 206 g/mol. The molecule has 3 heteroatoms. The van der Waals surface area contributed by atoms with E-state index in [1.807, 2.05) is 30.3 Å². The van der Waals surface area contributed by atoms with E-state index < -0.39 is 6.10 Å². The number of carbonyl (C=O) groups is 1. The highest BCUT2D eigenvalue weighted by Gasteiger charge is 2.07. The van der Waals surface area contributed by atoms with Crippen LogP contribution in [-0.4, -0.2) is 18.7 Å². The Hall–Kier alpha value is -1.77. The van der Waals surface area contributed by atoms with E-state index in [0.29, 0.717) is 0 Å². The van der Waals surface area contributed by atoms with Crippen LogP contribution < -0.4 is 4.74 Å². The fraction of sp³-hybridized carbons (Fsp3) is 0.250. The predicted octanol–water partition coefficient (Wildman–Crippen LogP) is 2.18. The van der Waals surface area contributed by atoms with E-state index in [1.165, 1.54) is 6.92 Å². The summed E-state index contributed by atoms with van der Waals surface area (Å²) in [6.07, 6.45) is 1.15. The van der Waals surface area contributed by atoms with Gasteiger partial charge in [0.2, 0.25) is 0 Å². The highest BCUT2D eigenvalue weighted by Crippen LogP contribution is 2.09. The van der Waals surface area contributed by atoms with Crippen LogP contribution in [0, 0.1) is 0 Å². The molecule has 0 saturated heterocycles. The molecule has 0 fully saturated rings. The molecule has 0 N–H and O–H groups in total. The average Bonchev–Trinajstić information content (AvgIpc) is 2.25. The molecule has 1 aromatic carbocycles. The molecule has 0 heterocycles. The van der Waals surface area contributed by atoms with Gasteiger partial charge in [0.1, 0.15) is 12.4 Å². The second kappa shape index (κ2) is 5.86. The largest absolute Gasteiger partial charge is 0.489 e. The Bertz CT molecular complexity index is 319. The Morgan fingerprint density at radius 2 is 2.13 bits per heavy atom. The molecule has 1 atom stereocenters. The van der Waals surface area contributed by atoms with Crippen LogP contribution in [0.1, 0.15) is 6.92 Å². The van der Waals surface area contributed by atoms with Crippen LogP contribution in [0.2, 0.25) is 0 Å². The molecule has 0 spiro atoms. The normalized spacial score (nSPS) is 11.5. The van der Waals surface area contributed by atoms with Gasteiger partial charge >= 0.3 is 5.97 Å². The van der Waals surface area contributed by atoms with Gasteiger partial charge < -0.3 is 9.47 Å². The minimum Gasteiger partial charge on any atom is -0.489 e. The number of carbonyl (C=O) groups excluding carboxylic acids is 1. The zero-order valence-electron chi connectivity index (χ0n) is 8.68. The molecule has 0 radical (unpaired) electrons. The first-order chi connectivity index (χ1) is 7.22. The SMILES string of the molecule is C=CC(COc1ccccc1)OC(C)=O. The number of hydrogen-bond donors (Lipinski definition) is 0. The van der Waals surface area contributed by atoms with Crippen LogP contribution in [0.25, 0.3) is 0 Å². The van der Waals surface area contributed by atoms with Gasteiger partial charge in [-0.1, -0.05) is 24.8 Å². The van der Waals surface area contributed by atoms with Gasteiger partial charge in [0, 0.05) is 6.92 Å². The summed E-state index contributed by atoms with van der Waals surface area (Å²) in [7, 11) is 0. The number of esters is 1. The maximum absolute atomic E-state index is 10.7. The number of benzene rings is 1. The van der Waals surface area contributed by atoms with E-state index >= 15 is 0 Å². The Morgan fingerprint density at radius 1 is 1.47 bits per heavy atom. The van der Waals surface area contributed by atoms with Crippen molar-refractivity contribution in [1.29, 1.82) is 0 Å². The zero-order valence-corrected chi connectivity index (χ0v) is 8.68. The van der Waals surface area contributed by atoms with Crippen LogP contribution in [0.5, 0.6) is 5.75 Å². The van der Waals surface area contributed by atoms with Crippen molar-refractivity contribution in [3.8, 4) is 5.75 Å². The number of ether oxygens (including phenoxy) is 2. The second-order valence-electron chi connectivity index (χ2n) is 3.01. The first-order valence-electron chi connectivity index (χ1n) is 4.70. The first-order valence-corrected chi connectivity index (χ1v) is 4.70. The lowest BCUT2D eigenvalue weighted by Crippen LogP contribution is -2.21. The molecule has 0 amide bonds. The monoisotopic (exact) mass is 206 g/mol. The highest BCUT2D eigenvalue weighted by atomic mass is 16.6. The van der Waals surface area contributed by atoms with Crippen LogP contribution in [0.15, 0.2) is 43.0 Å². The standard InChI is InChI=1S/C12H14O3/c1-3-11(15-10(2)13)9-14-12-7-5-4-6-8-12/h3-8,11H,1,9H2,2H3. The number of hydrogen-bond acceptors (Lipinski definition) is 3. The Balaban J connectivity index is 2.41. The Kier molecular flexibility index (Phi) is 4.41. The van der Waals surface area contributed by atoms with Crippen molar-refractivity contribution < 1.29 is 14.3 Å². The van der Waals surface area contributed by atoms with E-state index in [0.717, 1.165) is 5.75 Å². The molecular formula is C12H14O3. The van der Waals surface area contributed by atoms with Gasteiger partial charge in [0.15, 0.2) is 6.10 Å². The fourth-order valence-electron chi connectivity index (χ4n) is 1.06. The van der Waals surface area contributed by atoms with Crippen LogP contribution in [-0.2, 0) is 9.53 Å². The van der Waals surface area contributed by atoms with E-state index in [-0.39, 0.29) is 12.6 Å². The molecule has 1 unspecified atom stereocenters. The summed E-state index contributed by atoms with van der Waals surface area (Å²) in [4.78, 5) is 10.7. The third kappa shape index (κ3) is 4.31. The van der Waals surface area contributed by atoms with Crippen LogP contribution >= 0.6 is 0 Å². The zero-order chi connectivity index (χ0) is 11.1. The smallest absolute Gasteiger partial charge is 0.303 e. The van der Waals surface area contributed by atoms with Crippen molar-refractivity contribution in [1.82, 2.24) is 0 Å². The molecule has 0 aliphatic carbocycles. The van der Waals surface area contributed by atoms with Crippen molar-refractivity contribution in [3.63, 3.8) is 0 Å². The summed E-state index contributed by atoms with van der Waals surface area (Å²) in [6, 6.07) is 9.35. The van der Waals surface area contributed by atoms with Gasteiger partial charge in [0.25, 0.3) is 0 Å². The molecule has 0 saturated carbocycles. The van der Waals surface area contributed by atoms with Gasteiger partial charge in [-0.25, -0.2) is 0 Å². The maximum atomic E-state index is 10.7. The lowest BCUT2D eigenvalue weighted by Gasteiger charge is -2.13. The number of para-hydroxylation sites is 1. The molecule has 0 aromatic heterocycles. The molecule has 80 valence electrons. The summed E-state index contributed by atoms with van der Waals surface area (Å²) in [5.41, 5.74) is 0. The highest BCUT2D eigenvalue weighted by molar-refractivity contribution is 5.66. The molecular weight excluding hydrogens is 192 g/mol. The lowest BCUT2D eigenvalue weighted by molar-refractivity contribution is -0.145. The molecule has 15 heavy (non-hydrogen) atoms. The van der Waals surface area contributed by atoms with E-state index in [9.17, 15) is 4.79 Å². The maximum Gasteiger partial charge on any atom is 0.303 e. The van der Waals surface area contributed by atoms with Gasteiger partial charge in [-0.2, -0.15) is 0 Å². The van der Waals surface area contributed by atoms with E-state index in [2.05, 4.69) is 6.58 Å². The van der Waals surface area contributed by atoms with Crippen LogP contribution in [0.4, 0.5) is 0 Å². The van der Waals surface area contributed by atoms with E-state index in [1.54, 1.807) is 6.08 Å². The molecule has 1 aromatic rings. The Morgan fingerprint density at radius 3 is 2.67 bits per heavy atom. The molecule has 0 aliphatic heterocycles. The quantitative estimate of drug-likeness (QED) is 0.547. The third-order valence-corrected chi connectivity index (χ3v) is 1.74. The first kappa shape index (κ1) is 11.3. The number of rotatable bonds is 5. The summed E-state index contributed by atoms with van der Waals surface area (Å²) < 4.78 is 10.4. The summed E-state index contributed by atoms with van der Waals surface area (Å²) in [5.74, 6) is 0.410. The summed E-state index contributed by atoms with van der Waals surface area (Å²) >= 11 is 0. The second-order valence-corrected chi connectivity index (χ2v) is 3.01. The van der Waals surface area contributed by atoms with Gasteiger partial charge in [-0.05, 0) is 18.2 Å². The molecule has 0 bridgehead atoms. The van der Waals surface area contributed by atoms with Gasteiger partial charge in [-0.15, -0.1) is 0 Å². The summed E-state index contributed by atoms with van der Waals surface area (Å²) in [6.45, 7) is 5.21. The third-order valence-electron chi connectivity index (χ3n) is 1.74. The van der Waals surface area contributed by atoms with Crippen molar-refractivity contribution in [2.24, 2.45) is 0 Å². The topological polar surface area (TPSA) is 35.5 Å². The van der Waals surface area contributed by atoms with E-state index in [4.69, 9.17) is 9.47 Å². The fourth-order valence-corrected chi connectivity index (χ4v) is 1.06. The van der Waals surface area contributed by atoms with Gasteiger partial charge in [0.05, 0.1) is 0 Å². The van der Waals surface area contributed by atoms with Crippen LogP contribution in [0.3, 0.4) is 0 Å².